The molecule has 0 radical (unpaired) electrons. The molecule has 1 fully saturated rings. The number of hydrogen-bond acceptors (Lipinski definition) is 4. The summed E-state index contributed by atoms with van der Waals surface area (Å²) >= 11 is 0. The van der Waals surface area contributed by atoms with E-state index >= 15 is 0 Å². The number of carbonyl (C=O) groups excluding carboxylic acids is 1. The van der Waals surface area contributed by atoms with E-state index in [-0.39, 0.29) is 5.91 Å². The number of nitrogens with one attached hydrogen (secondary N) is 1. The van der Waals surface area contributed by atoms with E-state index in [2.05, 4.69) is 22.2 Å². The molecule has 1 aromatic carbocycles. The molecule has 25 heavy (non-hydrogen) atoms. The van der Waals surface area contributed by atoms with Gasteiger partial charge in [0.05, 0.1) is 19.0 Å². The van der Waals surface area contributed by atoms with Crippen molar-refractivity contribution < 1.29 is 9.53 Å². The number of nitrogens with zero attached hydrogens (tertiary/aromatic N) is 3. The summed E-state index contributed by atoms with van der Waals surface area (Å²) in [5.41, 5.74) is 1.21. The third kappa shape index (κ3) is 4.39. The largest absolute Gasteiger partial charge is 0.493 e. The van der Waals surface area contributed by atoms with Crippen molar-refractivity contribution in [3.63, 3.8) is 0 Å². The summed E-state index contributed by atoms with van der Waals surface area (Å²) in [6, 6.07) is 9.69. The van der Waals surface area contributed by atoms with Gasteiger partial charge in [-0.15, -0.1) is 0 Å². The predicted molar refractivity (Wildman–Crippen MR) is 97.3 cm³/mol. The smallest absolute Gasteiger partial charge is 0.275 e. The zero-order chi connectivity index (χ0) is 17.6. The first kappa shape index (κ1) is 17.5. The summed E-state index contributed by atoms with van der Waals surface area (Å²) in [6.45, 7) is 6.17. The molecule has 1 aromatic heterocycles. The fourth-order valence-electron chi connectivity index (χ4n) is 3.20. The van der Waals surface area contributed by atoms with Crippen LogP contribution in [0.3, 0.4) is 0 Å². The Morgan fingerprint density at radius 3 is 2.68 bits per heavy atom. The fourth-order valence-corrected chi connectivity index (χ4v) is 3.20. The van der Waals surface area contributed by atoms with Gasteiger partial charge in [-0.1, -0.05) is 25.1 Å². The van der Waals surface area contributed by atoms with Crippen LogP contribution in [0.15, 0.2) is 36.5 Å². The van der Waals surface area contributed by atoms with Gasteiger partial charge >= 0.3 is 0 Å². The van der Waals surface area contributed by atoms with Crippen molar-refractivity contribution in [2.24, 2.45) is 5.92 Å². The molecule has 1 aliphatic heterocycles. The van der Waals surface area contributed by atoms with E-state index < -0.39 is 0 Å². The second kappa shape index (κ2) is 8.16. The SMILES string of the molecule is COc1cn(-c2ccccc2)nc1C(=O)NC[C@H](C)CN1CCCC1. The van der Waals surface area contributed by atoms with Crippen LogP contribution >= 0.6 is 0 Å². The average molecular weight is 342 g/mol. The first-order chi connectivity index (χ1) is 12.2. The molecule has 1 saturated heterocycles. The topological polar surface area (TPSA) is 59.4 Å². The van der Waals surface area contributed by atoms with E-state index in [9.17, 15) is 4.79 Å². The maximum Gasteiger partial charge on any atom is 0.275 e. The Hall–Kier alpha value is -2.34. The number of para-hydroxylation sites is 1. The minimum absolute atomic E-state index is 0.195. The summed E-state index contributed by atoms with van der Waals surface area (Å²) in [7, 11) is 1.55. The zero-order valence-electron chi connectivity index (χ0n) is 14.9. The Bertz CT molecular complexity index is 693. The lowest BCUT2D eigenvalue weighted by molar-refractivity contribution is 0.0936. The number of benzene rings is 1. The van der Waals surface area contributed by atoms with Crippen molar-refractivity contribution in [1.82, 2.24) is 20.0 Å². The van der Waals surface area contributed by atoms with E-state index in [1.54, 1.807) is 18.0 Å². The lowest BCUT2D eigenvalue weighted by Gasteiger charge is -2.20. The number of carbonyl (C=O) groups is 1. The van der Waals surface area contributed by atoms with E-state index in [1.807, 2.05) is 30.3 Å². The van der Waals surface area contributed by atoms with Crippen molar-refractivity contribution in [3.05, 3.63) is 42.2 Å². The van der Waals surface area contributed by atoms with Crippen LogP contribution in [0.2, 0.25) is 0 Å². The van der Waals surface area contributed by atoms with Gasteiger partial charge in [0.1, 0.15) is 0 Å². The molecular formula is C19H26N4O2. The van der Waals surface area contributed by atoms with Crippen LogP contribution in [0.4, 0.5) is 0 Å². The standard InChI is InChI=1S/C19H26N4O2/c1-15(13-22-10-6-7-11-22)12-20-19(24)18-17(25-2)14-23(21-18)16-8-4-3-5-9-16/h3-5,8-9,14-15H,6-7,10-13H2,1-2H3,(H,20,24)/t15-/m0/s1. The maximum atomic E-state index is 12.5. The van der Waals surface area contributed by atoms with Gasteiger partial charge in [-0.3, -0.25) is 4.79 Å². The summed E-state index contributed by atoms with van der Waals surface area (Å²) in [6.07, 6.45) is 4.30. The minimum atomic E-state index is -0.195. The quantitative estimate of drug-likeness (QED) is 0.839. The fraction of sp³-hybridized carbons (Fsp3) is 0.474. The Labute approximate surface area is 148 Å². The molecule has 2 aromatic rings. The molecule has 0 bridgehead atoms. The second-order valence-electron chi connectivity index (χ2n) is 6.65. The monoisotopic (exact) mass is 342 g/mol. The number of methoxy groups -OCH3 is 1. The number of ether oxygens (including phenoxy) is 1. The van der Waals surface area contributed by atoms with Crippen LogP contribution in [-0.4, -0.2) is 53.9 Å². The lowest BCUT2D eigenvalue weighted by Crippen LogP contribution is -2.34. The van der Waals surface area contributed by atoms with E-state index in [4.69, 9.17) is 4.74 Å². The van der Waals surface area contributed by atoms with Crippen LogP contribution in [0.25, 0.3) is 5.69 Å². The first-order valence-corrected chi connectivity index (χ1v) is 8.87. The third-order valence-electron chi connectivity index (χ3n) is 4.52. The summed E-state index contributed by atoms with van der Waals surface area (Å²) < 4.78 is 7.00. The van der Waals surface area contributed by atoms with Crippen LogP contribution in [0.5, 0.6) is 5.75 Å². The highest BCUT2D eigenvalue weighted by Crippen LogP contribution is 2.19. The Morgan fingerprint density at radius 2 is 2.00 bits per heavy atom. The van der Waals surface area contributed by atoms with Crippen molar-refractivity contribution in [2.45, 2.75) is 19.8 Å². The Balaban J connectivity index is 1.62. The minimum Gasteiger partial charge on any atom is -0.493 e. The summed E-state index contributed by atoms with van der Waals surface area (Å²) in [5, 5.41) is 7.39. The molecule has 6 heteroatoms. The molecule has 6 nitrogen and oxygen atoms in total. The van der Waals surface area contributed by atoms with E-state index in [1.165, 1.54) is 25.9 Å². The molecule has 1 N–H and O–H groups in total. The van der Waals surface area contributed by atoms with Crippen LogP contribution in [-0.2, 0) is 0 Å². The average Bonchev–Trinajstić information content (AvgIpc) is 3.30. The van der Waals surface area contributed by atoms with Crippen molar-refractivity contribution >= 4 is 5.91 Å². The Kier molecular flexibility index (Phi) is 5.71. The predicted octanol–water partition coefficient (Wildman–Crippen LogP) is 2.34. The molecule has 1 amide bonds. The second-order valence-corrected chi connectivity index (χ2v) is 6.65. The van der Waals surface area contributed by atoms with Crippen molar-refractivity contribution in [3.8, 4) is 11.4 Å². The molecule has 0 unspecified atom stereocenters. The highest BCUT2D eigenvalue weighted by Gasteiger charge is 2.20. The summed E-state index contributed by atoms with van der Waals surface area (Å²) in [4.78, 5) is 15.0. The molecule has 3 rings (SSSR count). The van der Waals surface area contributed by atoms with Gasteiger partial charge < -0.3 is 15.0 Å². The van der Waals surface area contributed by atoms with Crippen LogP contribution in [0, 0.1) is 5.92 Å². The number of amides is 1. The highest BCUT2D eigenvalue weighted by atomic mass is 16.5. The number of rotatable bonds is 7. The lowest BCUT2D eigenvalue weighted by atomic mass is 10.1. The number of hydrogen-bond donors (Lipinski definition) is 1. The van der Waals surface area contributed by atoms with Gasteiger partial charge in [0, 0.05) is 13.1 Å². The molecule has 1 atom stereocenters. The van der Waals surface area contributed by atoms with Gasteiger partial charge in [0.25, 0.3) is 5.91 Å². The maximum absolute atomic E-state index is 12.5. The molecule has 0 saturated carbocycles. The molecule has 2 heterocycles. The van der Waals surface area contributed by atoms with Gasteiger partial charge in [-0.2, -0.15) is 5.10 Å². The van der Waals surface area contributed by atoms with Crippen LogP contribution < -0.4 is 10.1 Å². The first-order valence-electron chi connectivity index (χ1n) is 8.87. The number of aromatic nitrogens is 2. The zero-order valence-corrected chi connectivity index (χ0v) is 14.9. The van der Waals surface area contributed by atoms with E-state index in [0.29, 0.717) is 23.9 Å². The number of likely N-dealkylation sites (tertiary alicyclic amines) is 1. The molecule has 1 aliphatic rings. The molecule has 0 aliphatic carbocycles. The van der Waals surface area contributed by atoms with Gasteiger partial charge in [0.15, 0.2) is 11.4 Å². The summed E-state index contributed by atoms with van der Waals surface area (Å²) in [5.74, 6) is 0.692. The molecule has 134 valence electrons. The van der Waals surface area contributed by atoms with E-state index in [0.717, 1.165) is 12.2 Å². The van der Waals surface area contributed by atoms with Gasteiger partial charge in [-0.25, -0.2) is 4.68 Å². The molecule has 0 spiro atoms. The normalized spacial score (nSPS) is 15.9. The highest BCUT2D eigenvalue weighted by molar-refractivity contribution is 5.94. The third-order valence-corrected chi connectivity index (χ3v) is 4.52. The molecular weight excluding hydrogens is 316 g/mol. The van der Waals surface area contributed by atoms with Crippen molar-refractivity contribution in [2.75, 3.05) is 33.3 Å². The van der Waals surface area contributed by atoms with Crippen molar-refractivity contribution in [1.29, 1.82) is 0 Å². The van der Waals surface area contributed by atoms with Gasteiger partial charge in [0.2, 0.25) is 0 Å². The van der Waals surface area contributed by atoms with Gasteiger partial charge in [-0.05, 0) is 44.0 Å². The Morgan fingerprint density at radius 1 is 1.28 bits per heavy atom. The van der Waals surface area contributed by atoms with Crippen LogP contribution in [0.1, 0.15) is 30.3 Å².